The number of hydrogen-bond acceptors (Lipinski definition) is 3. The molecule has 1 aromatic rings. The van der Waals surface area contributed by atoms with Gasteiger partial charge in [0, 0.05) is 19.6 Å². The summed E-state index contributed by atoms with van der Waals surface area (Å²) in [5.41, 5.74) is 2.31. The van der Waals surface area contributed by atoms with E-state index in [1.165, 1.54) is 32.4 Å². The van der Waals surface area contributed by atoms with E-state index in [9.17, 15) is 0 Å². The average molecular weight is 460 g/mol. The van der Waals surface area contributed by atoms with E-state index in [0.29, 0.717) is 6.54 Å². The Hall–Kier alpha value is -1.02. The SMILES string of the molecule is CCNC(=NCc1ccc(C)c(OC)c1)NCCN1CCCCC1.I. The molecule has 0 spiro atoms. The van der Waals surface area contributed by atoms with Crippen LogP contribution in [-0.2, 0) is 6.54 Å². The Morgan fingerprint density at radius 2 is 1.96 bits per heavy atom. The largest absolute Gasteiger partial charge is 0.496 e. The summed E-state index contributed by atoms with van der Waals surface area (Å²) in [6.07, 6.45) is 4.06. The summed E-state index contributed by atoms with van der Waals surface area (Å²) >= 11 is 0. The Morgan fingerprint density at radius 1 is 1.20 bits per heavy atom. The van der Waals surface area contributed by atoms with Gasteiger partial charge in [-0.2, -0.15) is 0 Å². The molecule has 0 saturated carbocycles. The molecule has 2 rings (SSSR count). The second kappa shape index (κ2) is 12.4. The molecule has 2 N–H and O–H groups in total. The molecule has 1 aliphatic heterocycles. The van der Waals surface area contributed by atoms with Crippen LogP contribution in [0.5, 0.6) is 5.75 Å². The number of likely N-dealkylation sites (tertiary alicyclic amines) is 1. The van der Waals surface area contributed by atoms with Crippen molar-refractivity contribution in [2.24, 2.45) is 4.99 Å². The van der Waals surface area contributed by atoms with Crippen molar-refractivity contribution in [2.45, 2.75) is 39.7 Å². The molecule has 1 aliphatic rings. The molecule has 1 aromatic carbocycles. The molecule has 0 amide bonds. The number of ether oxygens (including phenoxy) is 1. The lowest BCUT2D eigenvalue weighted by Gasteiger charge is -2.26. The highest BCUT2D eigenvalue weighted by Gasteiger charge is 2.09. The van der Waals surface area contributed by atoms with Crippen molar-refractivity contribution in [3.8, 4) is 5.75 Å². The van der Waals surface area contributed by atoms with Crippen LogP contribution in [0.4, 0.5) is 0 Å². The fraction of sp³-hybridized carbons (Fsp3) is 0.632. The monoisotopic (exact) mass is 460 g/mol. The standard InChI is InChI=1S/C19H32N4O.HI/c1-4-20-19(21-10-13-23-11-6-5-7-12-23)22-15-17-9-8-16(2)18(14-17)24-3;/h8-9,14H,4-7,10-13,15H2,1-3H3,(H2,20,21,22);1H. The van der Waals surface area contributed by atoms with Crippen LogP contribution in [0.15, 0.2) is 23.2 Å². The number of aryl methyl sites for hydroxylation is 1. The van der Waals surface area contributed by atoms with E-state index >= 15 is 0 Å². The molecule has 0 atom stereocenters. The molecule has 6 heteroatoms. The van der Waals surface area contributed by atoms with Gasteiger partial charge in [-0.25, -0.2) is 4.99 Å². The van der Waals surface area contributed by atoms with Gasteiger partial charge in [-0.1, -0.05) is 18.6 Å². The number of halogens is 1. The predicted molar refractivity (Wildman–Crippen MR) is 116 cm³/mol. The van der Waals surface area contributed by atoms with E-state index < -0.39 is 0 Å². The van der Waals surface area contributed by atoms with Crippen LogP contribution in [0.25, 0.3) is 0 Å². The number of nitrogens with zero attached hydrogens (tertiary/aromatic N) is 2. The number of hydrogen-bond donors (Lipinski definition) is 2. The topological polar surface area (TPSA) is 48.9 Å². The quantitative estimate of drug-likeness (QED) is 0.373. The molecule has 142 valence electrons. The number of nitrogens with one attached hydrogen (secondary N) is 2. The maximum Gasteiger partial charge on any atom is 0.191 e. The van der Waals surface area contributed by atoms with E-state index in [4.69, 9.17) is 9.73 Å². The maximum atomic E-state index is 5.39. The van der Waals surface area contributed by atoms with Crippen molar-refractivity contribution in [3.63, 3.8) is 0 Å². The lowest BCUT2D eigenvalue weighted by Crippen LogP contribution is -2.42. The number of methoxy groups -OCH3 is 1. The second-order valence-electron chi connectivity index (χ2n) is 6.33. The fourth-order valence-electron chi connectivity index (χ4n) is 2.99. The van der Waals surface area contributed by atoms with E-state index in [-0.39, 0.29) is 24.0 Å². The van der Waals surface area contributed by atoms with E-state index in [1.807, 2.05) is 0 Å². The molecule has 0 aromatic heterocycles. The number of aliphatic imine (C=N–C) groups is 1. The molecule has 0 aliphatic carbocycles. The first-order chi connectivity index (χ1) is 11.7. The summed E-state index contributed by atoms with van der Waals surface area (Å²) in [6.45, 7) is 10.2. The van der Waals surface area contributed by atoms with Crippen LogP contribution >= 0.6 is 24.0 Å². The first kappa shape index (κ1) is 22.0. The fourth-order valence-corrected chi connectivity index (χ4v) is 2.99. The zero-order valence-corrected chi connectivity index (χ0v) is 18.1. The van der Waals surface area contributed by atoms with Gasteiger partial charge in [-0.15, -0.1) is 24.0 Å². The third kappa shape index (κ3) is 7.81. The number of guanidine groups is 1. The normalized spacial score (nSPS) is 15.4. The third-order valence-corrected chi connectivity index (χ3v) is 4.41. The van der Waals surface area contributed by atoms with Gasteiger partial charge in [0.05, 0.1) is 13.7 Å². The van der Waals surface area contributed by atoms with Gasteiger partial charge in [0.1, 0.15) is 5.75 Å². The van der Waals surface area contributed by atoms with Gasteiger partial charge in [-0.05, 0) is 57.0 Å². The first-order valence-electron chi connectivity index (χ1n) is 9.11. The smallest absolute Gasteiger partial charge is 0.191 e. The Balaban J connectivity index is 0.00000312. The van der Waals surface area contributed by atoms with Crippen molar-refractivity contribution in [2.75, 3.05) is 39.8 Å². The highest BCUT2D eigenvalue weighted by molar-refractivity contribution is 14.0. The minimum absolute atomic E-state index is 0. The van der Waals surface area contributed by atoms with Gasteiger partial charge in [0.25, 0.3) is 0 Å². The molecule has 0 unspecified atom stereocenters. The number of rotatable bonds is 7. The Morgan fingerprint density at radius 3 is 2.64 bits per heavy atom. The molecule has 0 bridgehead atoms. The van der Waals surface area contributed by atoms with Gasteiger partial charge in [-0.3, -0.25) is 0 Å². The van der Waals surface area contributed by atoms with Crippen LogP contribution < -0.4 is 15.4 Å². The molecule has 1 saturated heterocycles. The van der Waals surface area contributed by atoms with Crippen molar-refractivity contribution in [3.05, 3.63) is 29.3 Å². The third-order valence-electron chi connectivity index (χ3n) is 4.41. The Kier molecular flexibility index (Phi) is 10.9. The predicted octanol–water partition coefficient (Wildman–Crippen LogP) is 3.16. The van der Waals surface area contributed by atoms with Gasteiger partial charge in [0.2, 0.25) is 0 Å². The van der Waals surface area contributed by atoms with Crippen molar-refractivity contribution in [1.82, 2.24) is 15.5 Å². The molecule has 5 nitrogen and oxygen atoms in total. The molecular weight excluding hydrogens is 427 g/mol. The van der Waals surface area contributed by atoms with E-state index in [0.717, 1.165) is 42.5 Å². The van der Waals surface area contributed by atoms with Crippen LogP contribution in [0.1, 0.15) is 37.3 Å². The molecule has 1 heterocycles. The minimum atomic E-state index is 0. The van der Waals surface area contributed by atoms with Crippen LogP contribution in [0.3, 0.4) is 0 Å². The Labute approximate surface area is 169 Å². The summed E-state index contributed by atoms with van der Waals surface area (Å²) in [5, 5.41) is 6.76. The number of piperidine rings is 1. The molecule has 1 fully saturated rings. The van der Waals surface area contributed by atoms with Crippen LogP contribution in [0, 0.1) is 6.92 Å². The summed E-state index contributed by atoms with van der Waals surface area (Å²) in [7, 11) is 1.71. The minimum Gasteiger partial charge on any atom is -0.496 e. The highest BCUT2D eigenvalue weighted by Crippen LogP contribution is 2.19. The second-order valence-corrected chi connectivity index (χ2v) is 6.33. The summed E-state index contributed by atoms with van der Waals surface area (Å²) < 4.78 is 5.39. The van der Waals surface area contributed by atoms with E-state index in [1.54, 1.807) is 7.11 Å². The van der Waals surface area contributed by atoms with Crippen molar-refractivity contribution < 1.29 is 4.74 Å². The maximum absolute atomic E-state index is 5.39. The zero-order chi connectivity index (χ0) is 17.2. The molecule has 25 heavy (non-hydrogen) atoms. The van der Waals surface area contributed by atoms with Gasteiger partial charge in [0.15, 0.2) is 5.96 Å². The lowest BCUT2D eigenvalue weighted by atomic mass is 10.1. The summed E-state index contributed by atoms with van der Waals surface area (Å²) in [4.78, 5) is 7.22. The summed E-state index contributed by atoms with van der Waals surface area (Å²) in [6, 6.07) is 6.26. The van der Waals surface area contributed by atoms with Crippen LogP contribution in [-0.4, -0.2) is 50.7 Å². The van der Waals surface area contributed by atoms with Gasteiger partial charge >= 0.3 is 0 Å². The summed E-state index contributed by atoms with van der Waals surface area (Å²) in [5.74, 6) is 1.81. The molecule has 0 radical (unpaired) electrons. The van der Waals surface area contributed by atoms with Crippen molar-refractivity contribution in [1.29, 1.82) is 0 Å². The van der Waals surface area contributed by atoms with Crippen LogP contribution in [0.2, 0.25) is 0 Å². The first-order valence-corrected chi connectivity index (χ1v) is 9.11. The average Bonchev–Trinajstić information content (AvgIpc) is 2.61. The lowest BCUT2D eigenvalue weighted by molar-refractivity contribution is 0.232. The van der Waals surface area contributed by atoms with Gasteiger partial charge < -0.3 is 20.3 Å². The Bertz CT molecular complexity index is 530. The number of benzene rings is 1. The molecular formula is C19H33IN4O. The highest BCUT2D eigenvalue weighted by atomic mass is 127. The van der Waals surface area contributed by atoms with Crippen molar-refractivity contribution >= 4 is 29.9 Å². The van der Waals surface area contributed by atoms with E-state index in [2.05, 4.69) is 47.6 Å². The zero-order valence-electron chi connectivity index (χ0n) is 15.8.